The van der Waals surface area contributed by atoms with Gasteiger partial charge in [0.25, 0.3) is 5.69 Å². The summed E-state index contributed by atoms with van der Waals surface area (Å²) in [6.45, 7) is 2.72. The van der Waals surface area contributed by atoms with Crippen molar-refractivity contribution in [2.45, 2.75) is 25.9 Å². The summed E-state index contributed by atoms with van der Waals surface area (Å²) in [7, 11) is 0. The van der Waals surface area contributed by atoms with Crippen LogP contribution in [0.15, 0.2) is 30.5 Å². The molecule has 0 aliphatic rings. The number of nitrogens with zero attached hydrogens (tertiary/aromatic N) is 2. The molecule has 0 saturated heterocycles. The quantitative estimate of drug-likeness (QED) is 0.642. The van der Waals surface area contributed by atoms with Gasteiger partial charge >= 0.3 is 5.97 Å². The first kappa shape index (κ1) is 15.5. The summed E-state index contributed by atoms with van der Waals surface area (Å²) in [5.41, 5.74) is -0.727. The summed E-state index contributed by atoms with van der Waals surface area (Å²) in [5, 5.41) is 22.8. The van der Waals surface area contributed by atoms with Crippen molar-refractivity contribution in [2.24, 2.45) is 0 Å². The summed E-state index contributed by atoms with van der Waals surface area (Å²) in [5.74, 6) is -1.59. The number of carbonyl (C=O) groups excluding carboxylic acids is 1. The number of non-ortho nitro benzene ring substituents is 1. The highest BCUT2D eigenvalue weighted by atomic mass is 16.6. The highest BCUT2D eigenvalue weighted by Gasteiger charge is 2.28. The lowest BCUT2D eigenvalue weighted by Crippen LogP contribution is -2.50. The van der Waals surface area contributed by atoms with E-state index in [4.69, 9.17) is 5.11 Å². The molecule has 0 spiro atoms. The average molecular weight is 305 g/mol. The van der Waals surface area contributed by atoms with Crippen LogP contribution >= 0.6 is 0 Å². The second kappa shape index (κ2) is 5.47. The van der Waals surface area contributed by atoms with E-state index in [-0.39, 0.29) is 12.2 Å². The Labute approximate surface area is 125 Å². The van der Waals surface area contributed by atoms with E-state index >= 15 is 0 Å². The number of nitrogens with one attached hydrogen (secondary N) is 1. The number of carboxylic acid groups (broad SMARTS) is 1. The molecule has 1 heterocycles. The third-order valence-corrected chi connectivity index (χ3v) is 3.27. The number of carboxylic acids is 1. The molecule has 0 saturated carbocycles. The Hall–Kier alpha value is -2.90. The second-order valence-corrected chi connectivity index (χ2v) is 5.42. The van der Waals surface area contributed by atoms with Crippen molar-refractivity contribution in [3.63, 3.8) is 0 Å². The molecular weight excluding hydrogens is 290 g/mol. The minimum absolute atomic E-state index is 0.0262. The van der Waals surface area contributed by atoms with Gasteiger partial charge in [0.2, 0.25) is 5.91 Å². The summed E-state index contributed by atoms with van der Waals surface area (Å²) < 4.78 is 1.60. The number of nitro groups is 1. The lowest BCUT2D eigenvalue weighted by molar-refractivity contribution is -0.384. The van der Waals surface area contributed by atoms with Crippen LogP contribution in [0.3, 0.4) is 0 Å². The van der Waals surface area contributed by atoms with E-state index in [1.807, 2.05) is 0 Å². The maximum atomic E-state index is 11.9. The number of aliphatic carboxylic acids is 1. The van der Waals surface area contributed by atoms with E-state index in [0.29, 0.717) is 10.9 Å². The third kappa shape index (κ3) is 3.05. The minimum Gasteiger partial charge on any atom is -0.480 e. The van der Waals surface area contributed by atoms with Gasteiger partial charge < -0.3 is 15.0 Å². The zero-order valence-corrected chi connectivity index (χ0v) is 12.1. The van der Waals surface area contributed by atoms with Crippen molar-refractivity contribution in [2.75, 3.05) is 0 Å². The van der Waals surface area contributed by atoms with Crippen LogP contribution in [-0.4, -0.2) is 32.0 Å². The molecular formula is C14H15N3O5. The van der Waals surface area contributed by atoms with Gasteiger partial charge in [-0.2, -0.15) is 0 Å². The van der Waals surface area contributed by atoms with Gasteiger partial charge in [0.05, 0.1) is 4.92 Å². The number of amides is 1. The minimum atomic E-state index is -1.36. The topological polar surface area (TPSA) is 114 Å². The molecule has 8 nitrogen and oxygen atoms in total. The fraction of sp³-hybridized carbons (Fsp3) is 0.286. The van der Waals surface area contributed by atoms with Crippen LogP contribution in [0, 0.1) is 10.1 Å². The maximum Gasteiger partial charge on any atom is 0.328 e. The van der Waals surface area contributed by atoms with Crippen LogP contribution in [0.2, 0.25) is 0 Å². The number of nitro benzene ring substituents is 1. The fourth-order valence-electron chi connectivity index (χ4n) is 2.04. The van der Waals surface area contributed by atoms with E-state index in [9.17, 15) is 19.7 Å². The first-order chi connectivity index (χ1) is 10.2. The van der Waals surface area contributed by atoms with Gasteiger partial charge in [-0.15, -0.1) is 0 Å². The van der Waals surface area contributed by atoms with E-state index < -0.39 is 22.3 Å². The van der Waals surface area contributed by atoms with Crippen molar-refractivity contribution in [1.82, 2.24) is 9.88 Å². The molecule has 0 aliphatic carbocycles. The Morgan fingerprint density at radius 2 is 2.05 bits per heavy atom. The van der Waals surface area contributed by atoms with Crippen molar-refractivity contribution in [3.05, 3.63) is 40.6 Å². The van der Waals surface area contributed by atoms with Crippen LogP contribution in [0.25, 0.3) is 10.9 Å². The van der Waals surface area contributed by atoms with Crippen molar-refractivity contribution < 1.29 is 19.6 Å². The molecule has 1 aromatic heterocycles. The second-order valence-electron chi connectivity index (χ2n) is 5.42. The molecule has 0 bridgehead atoms. The monoisotopic (exact) mass is 305 g/mol. The predicted octanol–water partition coefficient (Wildman–Crippen LogP) is 1.53. The van der Waals surface area contributed by atoms with Crippen molar-refractivity contribution in [3.8, 4) is 0 Å². The van der Waals surface area contributed by atoms with Crippen LogP contribution in [0.1, 0.15) is 13.8 Å². The summed E-state index contributed by atoms with van der Waals surface area (Å²) in [4.78, 5) is 33.2. The van der Waals surface area contributed by atoms with Gasteiger partial charge in [0, 0.05) is 29.2 Å². The zero-order chi connectivity index (χ0) is 16.5. The van der Waals surface area contributed by atoms with Gasteiger partial charge in [0.15, 0.2) is 0 Å². The van der Waals surface area contributed by atoms with E-state index in [2.05, 4.69) is 5.32 Å². The molecule has 0 aliphatic heterocycles. The molecule has 1 amide bonds. The lowest BCUT2D eigenvalue weighted by Gasteiger charge is -2.21. The highest BCUT2D eigenvalue weighted by Crippen LogP contribution is 2.21. The Kier molecular flexibility index (Phi) is 3.85. The number of benzene rings is 1. The smallest absolute Gasteiger partial charge is 0.328 e. The molecule has 0 unspecified atom stereocenters. The largest absolute Gasteiger partial charge is 0.480 e. The maximum absolute atomic E-state index is 11.9. The first-order valence-corrected chi connectivity index (χ1v) is 6.48. The van der Waals surface area contributed by atoms with E-state index in [1.165, 1.54) is 26.0 Å². The number of rotatable bonds is 5. The summed E-state index contributed by atoms with van der Waals surface area (Å²) in [6.07, 6.45) is 1.63. The van der Waals surface area contributed by atoms with Gasteiger partial charge in [-0.05, 0) is 26.0 Å². The van der Waals surface area contributed by atoms with Gasteiger partial charge in [0.1, 0.15) is 12.1 Å². The molecule has 2 aromatic rings. The number of hydrogen-bond donors (Lipinski definition) is 2. The Bertz CT molecular complexity index is 763. The molecule has 116 valence electrons. The van der Waals surface area contributed by atoms with Gasteiger partial charge in [-0.1, -0.05) is 0 Å². The Morgan fingerprint density at radius 1 is 1.36 bits per heavy atom. The van der Waals surface area contributed by atoms with Crippen LogP contribution in [-0.2, 0) is 16.1 Å². The molecule has 22 heavy (non-hydrogen) atoms. The highest BCUT2D eigenvalue weighted by molar-refractivity contribution is 5.88. The molecule has 0 radical (unpaired) electrons. The molecule has 8 heteroatoms. The summed E-state index contributed by atoms with van der Waals surface area (Å²) >= 11 is 0. The van der Waals surface area contributed by atoms with Gasteiger partial charge in [-0.25, -0.2) is 4.79 Å². The molecule has 2 rings (SSSR count). The fourth-order valence-corrected chi connectivity index (χ4v) is 2.04. The molecule has 0 fully saturated rings. The Balaban J connectivity index is 2.20. The van der Waals surface area contributed by atoms with Crippen molar-refractivity contribution >= 4 is 28.5 Å². The standard InChI is InChI=1S/C14H15N3O5/c1-14(2,13(19)20)15-12(18)8-16-6-5-9-7-10(17(21)22)3-4-11(9)16/h3-7H,8H2,1-2H3,(H,15,18)(H,19,20). The number of fused-ring (bicyclic) bond motifs is 1. The van der Waals surface area contributed by atoms with E-state index in [1.54, 1.807) is 22.9 Å². The predicted molar refractivity (Wildman–Crippen MR) is 78.4 cm³/mol. The third-order valence-electron chi connectivity index (χ3n) is 3.27. The van der Waals surface area contributed by atoms with Crippen molar-refractivity contribution in [1.29, 1.82) is 0 Å². The normalized spacial score (nSPS) is 11.4. The number of carbonyl (C=O) groups is 2. The lowest BCUT2D eigenvalue weighted by atomic mass is 10.1. The van der Waals surface area contributed by atoms with Crippen LogP contribution < -0.4 is 5.32 Å². The first-order valence-electron chi connectivity index (χ1n) is 6.48. The summed E-state index contributed by atoms with van der Waals surface area (Å²) in [6, 6.07) is 6.00. The molecule has 2 N–H and O–H groups in total. The SMILES string of the molecule is CC(C)(NC(=O)Cn1ccc2cc([N+](=O)[O-])ccc21)C(=O)O. The molecule has 0 atom stereocenters. The average Bonchev–Trinajstić information content (AvgIpc) is 2.80. The van der Waals surface area contributed by atoms with Crippen LogP contribution in [0.4, 0.5) is 5.69 Å². The number of hydrogen-bond acceptors (Lipinski definition) is 4. The van der Waals surface area contributed by atoms with Gasteiger partial charge in [-0.3, -0.25) is 14.9 Å². The Morgan fingerprint density at radius 3 is 2.64 bits per heavy atom. The zero-order valence-electron chi connectivity index (χ0n) is 12.1. The van der Waals surface area contributed by atoms with Crippen LogP contribution in [0.5, 0.6) is 0 Å². The van der Waals surface area contributed by atoms with E-state index in [0.717, 1.165) is 0 Å². The molecule has 1 aromatic carbocycles. The number of aromatic nitrogens is 1.